The van der Waals surface area contributed by atoms with Gasteiger partial charge in [-0.1, -0.05) is 42.2 Å². The van der Waals surface area contributed by atoms with Gasteiger partial charge in [0, 0.05) is 5.69 Å². The molecule has 0 saturated carbocycles. The van der Waals surface area contributed by atoms with Crippen molar-refractivity contribution in [2.75, 3.05) is 11.5 Å². The van der Waals surface area contributed by atoms with Crippen LogP contribution < -0.4 is 5.56 Å². The zero-order valence-electron chi connectivity index (χ0n) is 14.9. The second kappa shape index (κ2) is 7.02. The lowest BCUT2D eigenvalue weighted by Gasteiger charge is -2.20. The number of para-hydroxylation sites is 1. The van der Waals surface area contributed by atoms with E-state index in [9.17, 15) is 18.0 Å². The molecule has 4 rings (SSSR count). The molecular formula is C18H17N3O4S3. The number of thioether (sulfide) groups is 1. The Morgan fingerprint density at radius 1 is 1.25 bits per heavy atom. The summed E-state index contributed by atoms with van der Waals surface area (Å²) in [5, 5.41) is 3.02. The molecule has 1 aromatic carbocycles. The number of sulfone groups is 1. The second-order valence-electron chi connectivity index (χ2n) is 6.74. The Bertz CT molecular complexity index is 1160. The number of thiocarbonyl (C=S) groups is 1. The molecule has 1 aromatic heterocycles. The Balaban J connectivity index is 1.67. The SMILES string of the molecule is Cc1[nH]n(-c2ccccc2)c(=O)c1C=C1SC(=S)N([C@@H]2CCS(=O)(=O)C2)C1=O. The van der Waals surface area contributed by atoms with Gasteiger partial charge in [0.25, 0.3) is 11.5 Å². The summed E-state index contributed by atoms with van der Waals surface area (Å²) in [5.41, 5.74) is 1.43. The van der Waals surface area contributed by atoms with E-state index in [1.807, 2.05) is 18.2 Å². The minimum atomic E-state index is -3.14. The summed E-state index contributed by atoms with van der Waals surface area (Å²) in [6.45, 7) is 1.76. The number of H-pyrrole nitrogens is 1. The first-order valence-corrected chi connectivity index (χ1v) is 11.7. The van der Waals surface area contributed by atoms with Crippen LogP contribution in [0, 0.1) is 6.92 Å². The van der Waals surface area contributed by atoms with E-state index in [-0.39, 0.29) is 23.0 Å². The quantitative estimate of drug-likeness (QED) is 0.585. The van der Waals surface area contributed by atoms with E-state index in [4.69, 9.17) is 12.2 Å². The minimum absolute atomic E-state index is 0.0620. The first-order chi connectivity index (χ1) is 13.3. The molecule has 2 aromatic rings. The van der Waals surface area contributed by atoms with Gasteiger partial charge < -0.3 is 0 Å². The topological polar surface area (TPSA) is 92.2 Å². The molecule has 3 heterocycles. The van der Waals surface area contributed by atoms with Gasteiger partial charge in [0.05, 0.1) is 33.7 Å². The summed E-state index contributed by atoms with van der Waals surface area (Å²) < 4.78 is 25.3. The maximum absolute atomic E-state index is 12.9. The Morgan fingerprint density at radius 3 is 2.61 bits per heavy atom. The lowest BCUT2D eigenvalue weighted by atomic mass is 10.2. The number of hydrogen-bond donors (Lipinski definition) is 1. The smallest absolute Gasteiger partial charge is 0.278 e. The third-order valence-electron chi connectivity index (χ3n) is 4.80. The molecule has 2 saturated heterocycles. The van der Waals surface area contributed by atoms with Crippen molar-refractivity contribution in [2.24, 2.45) is 0 Å². The zero-order chi connectivity index (χ0) is 20.1. The number of benzene rings is 1. The average Bonchev–Trinajstić information content (AvgIpc) is 3.24. The van der Waals surface area contributed by atoms with Crippen molar-refractivity contribution in [3.8, 4) is 5.69 Å². The molecule has 0 radical (unpaired) electrons. The second-order valence-corrected chi connectivity index (χ2v) is 10.6. The fraction of sp³-hybridized carbons (Fsp3) is 0.278. The third-order valence-corrected chi connectivity index (χ3v) is 7.88. The molecule has 28 heavy (non-hydrogen) atoms. The van der Waals surface area contributed by atoms with Crippen LogP contribution in [0.15, 0.2) is 40.0 Å². The van der Waals surface area contributed by atoms with Crippen molar-refractivity contribution in [3.63, 3.8) is 0 Å². The fourth-order valence-corrected chi connectivity index (χ4v) is 6.48. The van der Waals surface area contributed by atoms with E-state index in [2.05, 4.69) is 5.10 Å². The van der Waals surface area contributed by atoms with Gasteiger partial charge in [-0.05, 0) is 31.6 Å². The number of aromatic nitrogens is 2. The van der Waals surface area contributed by atoms with Crippen LogP contribution in [-0.2, 0) is 14.6 Å². The van der Waals surface area contributed by atoms with E-state index in [1.165, 1.54) is 15.7 Å². The molecule has 7 nitrogen and oxygen atoms in total. The highest BCUT2D eigenvalue weighted by atomic mass is 32.2. The lowest BCUT2D eigenvalue weighted by Crippen LogP contribution is -2.39. The van der Waals surface area contributed by atoms with Crippen LogP contribution in [0.25, 0.3) is 11.8 Å². The molecule has 0 unspecified atom stereocenters. The summed E-state index contributed by atoms with van der Waals surface area (Å²) in [5.74, 6) is -0.355. The lowest BCUT2D eigenvalue weighted by molar-refractivity contribution is -0.123. The zero-order valence-corrected chi connectivity index (χ0v) is 17.4. The summed E-state index contributed by atoms with van der Waals surface area (Å²) in [6, 6.07) is 8.70. The molecular weight excluding hydrogens is 418 g/mol. The van der Waals surface area contributed by atoms with Gasteiger partial charge in [0.15, 0.2) is 9.84 Å². The molecule has 2 aliphatic rings. The highest BCUT2D eigenvalue weighted by molar-refractivity contribution is 8.26. The Kier molecular flexibility index (Phi) is 4.80. The number of hydrogen-bond acceptors (Lipinski definition) is 6. The summed E-state index contributed by atoms with van der Waals surface area (Å²) in [7, 11) is -3.14. The molecule has 1 amide bonds. The molecule has 1 atom stereocenters. The van der Waals surface area contributed by atoms with Crippen LogP contribution in [0.3, 0.4) is 0 Å². The van der Waals surface area contributed by atoms with Crippen LogP contribution in [0.2, 0.25) is 0 Å². The van der Waals surface area contributed by atoms with Crippen molar-refractivity contribution in [1.29, 1.82) is 0 Å². The normalized spacial score (nSPS) is 23.1. The molecule has 146 valence electrons. The Labute approximate surface area is 171 Å². The minimum Gasteiger partial charge on any atom is -0.295 e. The van der Waals surface area contributed by atoms with Crippen LogP contribution in [-0.4, -0.2) is 50.9 Å². The van der Waals surface area contributed by atoms with Crippen molar-refractivity contribution < 1.29 is 13.2 Å². The molecule has 0 aliphatic carbocycles. The van der Waals surface area contributed by atoms with Gasteiger partial charge in [-0.15, -0.1) is 0 Å². The maximum Gasteiger partial charge on any atom is 0.278 e. The van der Waals surface area contributed by atoms with E-state index in [0.717, 1.165) is 11.8 Å². The number of nitrogens with zero attached hydrogens (tertiary/aromatic N) is 2. The highest BCUT2D eigenvalue weighted by Gasteiger charge is 2.42. The van der Waals surface area contributed by atoms with E-state index in [1.54, 1.807) is 19.1 Å². The van der Waals surface area contributed by atoms with Crippen LogP contribution in [0.5, 0.6) is 0 Å². The van der Waals surface area contributed by atoms with Crippen LogP contribution >= 0.6 is 24.0 Å². The van der Waals surface area contributed by atoms with Gasteiger partial charge in [0.2, 0.25) is 0 Å². The van der Waals surface area contributed by atoms with Gasteiger partial charge in [-0.2, -0.15) is 0 Å². The molecule has 2 fully saturated rings. The molecule has 0 spiro atoms. The predicted molar refractivity (Wildman–Crippen MR) is 113 cm³/mol. The Hall–Kier alpha value is -2.17. The van der Waals surface area contributed by atoms with Gasteiger partial charge >= 0.3 is 0 Å². The molecule has 2 aliphatic heterocycles. The van der Waals surface area contributed by atoms with Gasteiger partial charge in [0.1, 0.15) is 4.32 Å². The summed E-state index contributed by atoms with van der Waals surface area (Å²) in [6.07, 6.45) is 1.92. The third kappa shape index (κ3) is 3.36. The van der Waals surface area contributed by atoms with Crippen molar-refractivity contribution in [3.05, 3.63) is 56.8 Å². The monoisotopic (exact) mass is 435 g/mol. The van der Waals surface area contributed by atoms with Crippen molar-refractivity contribution in [2.45, 2.75) is 19.4 Å². The average molecular weight is 436 g/mol. The van der Waals surface area contributed by atoms with Gasteiger partial charge in [-0.25, -0.2) is 13.1 Å². The first kappa shape index (κ1) is 19.2. The number of rotatable bonds is 3. The molecule has 1 N–H and O–H groups in total. The van der Waals surface area contributed by atoms with Crippen LogP contribution in [0.1, 0.15) is 17.7 Å². The van der Waals surface area contributed by atoms with Crippen LogP contribution in [0.4, 0.5) is 0 Å². The fourth-order valence-electron chi connectivity index (χ4n) is 3.39. The highest BCUT2D eigenvalue weighted by Crippen LogP contribution is 2.36. The van der Waals surface area contributed by atoms with Gasteiger partial charge in [-0.3, -0.25) is 19.6 Å². The number of nitrogens with one attached hydrogen (secondary N) is 1. The largest absolute Gasteiger partial charge is 0.295 e. The number of aryl methyl sites for hydroxylation is 1. The molecule has 0 bridgehead atoms. The summed E-state index contributed by atoms with van der Waals surface area (Å²) >= 11 is 6.41. The molecule has 10 heteroatoms. The number of carbonyl (C=O) groups excluding carboxylic acids is 1. The van der Waals surface area contributed by atoms with Crippen molar-refractivity contribution in [1.82, 2.24) is 14.7 Å². The van der Waals surface area contributed by atoms with Crippen molar-refractivity contribution >= 4 is 50.1 Å². The number of amides is 1. The Morgan fingerprint density at radius 2 is 1.96 bits per heavy atom. The first-order valence-electron chi connectivity index (χ1n) is 8.61. The van der Waals surface area contributed by atoms with E-state index in [0.29, 0.717) is 32.6 Å². The standard InChI is InChI=1S/C18H17N3O4S3/c1-11-14(16(22)21(19-11)12-5-3-2-4-6-12)9-15-17(23)20(18(26)27-15)13-7-8-28(24,25)10-13/h2-6,9,13,19H,7-8,10H2,1H3/t13-/m1/s1. The number of aromatic amines is 1. The number of carbonyl (C=O) groups is 1. The summed E-state index contributed by atoms with van der Waals surface area (Å²) in [4.78, 5) is 27.4. The predicted octanol–water partition coefficient (Wildman–Crippen LogP) is 1.86. The maximum atomic E-state index is 12.9. The van der Waals surface area contributed by atoms with E-state index >= 15 is 0 Å². The van der Waals surface area contributed by atoms with E-state index < -0.39 is 15.9 Å².